The van der Waals surface area contributed by atoms with E-state index in [-0.39, 0.29) is 11.9 Å². The topological polar surface area (TPSA) is 47.6 Å². The van der Waals surface area contributed by atoms with Crippen LogP contribution in [0.15, 0.2) is 42.4 Å². The number of rotatable bonds is 4. The molecule has 0 bridgehead atoms. The maximum absolute atomic E-state index is 12.0. The smallest absolute Gasteiger partial charge is 0.400 e. The Kier molecular flexibility index (Phi) is 4.78. The van der Waals surface area contributed by atoms with Crippen LogP contribution in [0.25, 0.3) is 0 Å². The molecule has 1 aromatic rings. The molecule has 1 saturated heterocycles. The van der Waals surface area contributed by atoms with Crippen LogP contribution in [0.4, 0.5) is 0 Å². The zero-order valence-electron chi connectivity index (χ0n) is 13.9. The molecule has 4 nitrogen and oxygen atoms in total. The summed E-state index contributed by atoms with van der Waals surface area (Å²) in [6.45, 7) is 9.89. The van der Waals surface area contributed by atoms with Crippen LogP contribution in [0.2, 0.25) is 0 Å². The molecular weight excluding hydrogens is 277 g/mol. The quantitative estimate of drug-likeness (QED) is 0.687. The van der Waals surface area contributed by atoms with Gasteiger partial charge in [0.2, 0.25) is 5.91 Å². The zero-order valence-corrected chi connectivity index (χ0v) is 13.9. The Bertz CT molecular complexity index is 538. The standard InChI is InChI=1S/C17H24BNO3/c1-13(14-9-7-6-8-10-14)19-15(20)11-12-18-21-16(2,3)17(4,5)22-18/h6-13H,1-5H3,(H,19,20)/b12-11+. The maximum atomic E-state index is 12.0. The van der Waals surface area contributed by atoms with Gasteiger partial charge >= 0.3 is 7.12 Å². The number of amides is 1. The van der Waals surface area contributed by atoms with E-state index in [0.717, 1.165) is 5.56 Å². The van der Waals surface area contributed by atoms with E-state index < -0.39 is 18.3 Å². The van der Waals surface area contributed by atoms with E-state index in [0.29, 0.717) is 0 Å². The van der Waals surface area contributed by atoms with Crippen LogP contribution >= 0.6 is 0 Å². The lowest BCUT2D eigenvalue weighted by Crippen LogP contribution is -2.41. The number of benzene rings is 1. The molecule has 1 N–H and O–H groups in total. The summed E-state index contributed by atoms with van der Waals surface area (Å²) in [4.78, 5) is 12.0. The second kappa shape index (κ2) is 6.27. The Labute approximate surface area is 133 Å². The van der Waals surface area contributed by atoms with Gasteiger partial charge in [-0.1, -0.05) is 30.3 Å². The van der Waals surface area contributed by atoms with Crippen molar-refractivity contribution in [1.82, 2.24) is 5.32 Å². The molecule has 1 aromatic carbocycles. The van der Waals surface area contributed by atoms with Crippen LogP contribution in [0.1, 0.15) is 46.2 Å². The van der Waals surface area contributed by atoms with Gasteiger partial charge in [0.1, 0.15) is 0 Å². The first kappa shape index (κ1) is 16.8. The zero-order chi connectivity index (χ0) is 16.4. The van der Waals surface area contributed by atoms with E-state index in [1.54, 1.807) is 5.98 Å². The first-order valence-electron chi connectivity index (χ1n) is 7.60. The van der Waals surface area contributed by atoms with Crippen LogP contribution in [-0.4, -0.2) is 24.2 Å². The minimum Gasteiger partial charge on any atom is -0.400 e. The summed E-state index contributed by atoms with van der Waals surface area (Å²) in [6.07, 6.45) is 1.47. The Morgan fingerprint density at radius 1 is 1.14 bits per heavy atom. The van der Waals surface area contributed by atoms with Gasteiger partial charge in [-0.25, -0.2) is 0 Å². The van der Waals surface area contributed by atoms with E-state index in [1.165, 1.54) is 6.08 Å². The van der Waals surface area contributed by atoms with E-state index in [9.17, 15) is 4.79 Å². The number of carbonyl (C=O) groups excluding carboxylic acids is 1. The summed E-state index contributed by atoms with van der Waals surface area (Å²) in [5, 5.41) is 2.92. The highest BCUT2D eigenvalue weighted by Gasteiger charge is 2.50. The Balaban J connectivity index is 1.90. The monoisotopic (exact) mass is 301 g/mol. The molecule has 1 atom stereocenters. The van der Waals surface area contributed by atoms with E-state index >= 15 is 0 Å². The molecule has 0 saturated carbocycles. The van der Waals surface area contributed by atoms with Gasteiger partial charge in [-0.3, -0.25) is 4.79 Å². The summed E-state index contributed by atoms with van der Waals surface area (Å²) < 4.78 is 11.6. The number of hydrogen-bond acceptors (Lipinski definition) is 3. The first-order chi connectivity index (χ1) is 10.2. The Morgan fingerprint density at radius 3 is 2.23 bits per heavy atom. The lowest BCUT2D eigenvalue weighted by Gasteiger charge is -2.32. The molecule has 1 aliphatic rings. The third-order valence-corrected chi connectivity index (χ3v) is 4.33. The van der Waals surface area contributed by atoms with Gasteiger partial charge in [0.25, 0.3) is 0 Å². The molecule has 0 aromatic heterocycles. The van der Waals surface area contributed by atoms with Gasteiger partial charge in [0.05, 0.1) is 17.2 Å². The molecule has 1 aliphatic heterocycles. The Hall–Kier alpha value is -1.59. The number of nitrogens with one attached hydrogen (secondary N) is 1. The third-order valence-electron chi connectivity index (χ3n) is 4.33. The highest BCUT2D eigenvalue weighted by molar-refractivity contribution is 6.52. The van der Waals surface area contributed by atoms with E-state index in [4.69, 9.17) is 9.31 Å². The summed E-state index contributed by atoms with van der Waals surface area (Å²) in [5.74, 6) is 1.50. The minimum absolute atomic E-state index is 0.0448. The molecule has 22 heavy (non-hydrogen) atoms. The normalized spacial score (nSPS) is 21.0. The van der Waals surface area contributed by atoms with Gasteiger partial charge in [0.15, 0.2) is 0 Å². The fourth-order valence-electron chi connectivity index (χ4n) is 2.22. The predicted molar refractivity (Wildman–Crippen MR) is 88.2 cm³/mol. The van der Waals surface area contributed by atoms with Crippen molar-refractivity contribution in [3.05, 3.63) is 47.9 Å². The number of carbonyl (C=O) groups is 1. The molecule has 1 fully saturated rings. The lowest BCUT2D eigenvalue weighted by molar-refractivity contribution is -0.117. The summed E-state index contributed by atoms with van der Waals surface area (Å²) >= 11 is 0. The highest BCUT2D eigenvalue weighted by atomic mass is 16.7. The average Bonchev–Trinajstić information content (AvgIpc) is 2.65. The third kappa shape index (κ3) is 3.78. The lowest BCUT2D eigenvalue weighted by atomic mass is 9.90. The van der Waals surface area contributed by atoms with Gasteiger partial charge in [0, 0.05) is 0 Å². The summed E-state index contributed by atoms with van der Waals surface area (Å²) in [6, 6.07) is 9.80. The molecule has 0 spiro atoms. The second-order valence-corrected chi connectivity index (χ2v) is 6.62. The van der Waals surface area contributed by atoms with Crippen LogP contribution in [-0.2, 0) is 14.1 Å². The van der Waals surface area contributed by atoms with Crippen molar-refractivity contribution < 1.29 is 14.1 Å². The predicted octanol–water partition coefficient (Wildman–Crippen LogP) is 3.05. The maximum Gasteiger partial charge on any atom is 0.487 e. The van der Waals surface area contributed by atoms with Gasteiger partial charge in [-0.15, -0.1) is 0 Å². The first-order valence-corrected chi connectivity index (χ1v) is 7.60. The van der Waals surface area contributed by atoms with Crippen LogP contribution in [0, 0.1) is 0 Å². The fourth-order valence-corrected chi connectivity index (χ4v) is 2.22. The average molecular weight is 301 g/mol. The fraction of sp³-hybridized carbons (Fsp3) is 0.471. The molecular formula is C17H24BNO3. The highest BCUT2D eigenvalue weighted by Crippen LogP contribution is 2.36. The SMILES string of the molecule is CC(NC(=O)/C=C/B1OC(C)(C)C(C)(C)O1)c1ccccc1. The van der Waals surface area contributed by atoms with Crippen molar-refractivity contribution in [2.75, 3.05) is 0 Å². The van der Waals surface area contributed by atoms with Crippen LogP contribution < -0.4 is 5.32 Å². The molecule has 1 amide bonds. The summed E-state index contributed by atoms with van der Waals surface area (Å²) in [7, 11) is -0.497. The minimum atomic E-state index is -0.497. The van der Waals surface area contributed by atoms with Crippen molar-refractivity contribution in [2.45, 2.75) is 51.9 Å². The largest absolute Gasteiger partial charge is 0.487 e. The van der Waals surface area contributed by atoms with Crippen LogP contribution in [0.5, 0.6) is 0 Å². The van der Waals surface area contributed by atoms with Crippen LogP contribution in [0.3, 0.4) is 0 Å². The molecule has 2 rings (SSSR count). The van der Waals surface area contributed by atoms with E-state index in [1.807, 2.05) is 65.0 Å². The molecule has 0 radical (unpaired) electrons. The van der Waals surface area contributed by atoms with Crippen molar-refractivity contribution in [2.24, 2.45) is 0 Å². The molecule has 118 valence electrons. The molecule has 5 heteroatoms. The number of hydrogen-bond donors (Lipinski definition) is 1. The molecule has 0 aliphatic carbocycles. The van der Waals surface area contributed by atoms with Gasteiger partial charge < -0.3 is 14.6 Å². The van der Waals surface area contributed by atoms with Crippen molar-refractivity contribution in [3.8, 4) is 0 Å². The van der Waals surface area contributed by atoms with Crippen molar-refractivity contribution >= 4 is 13.0 Å². The molecule has 1 heterocycles. The molecule has 1 unspecified atom stereocenters. The summed E-state index contributed by atoms with van der Waals surface area (Å²) in [5.41, 5.74) is 0.283. The Morgan fingerprint density at radius 2 is 1.68 bits per heavy atom. The van der Waals surface area contributed by atoms with Crippen molar-refractivity contribution in [3.63, 3.8) is 0 Å². The van der Waals surface area contributed by atoms with Gasteiger partial charge in [-0.05, 0) is 52.2 Å². The second-order valence-electron chi connectivity index (χ2n) is 6.62. The van der Waals surface area contributed by atoms with Crippen molar-refractivity contribution in [1.29, 1.82) is 0 Å². The van der Waals surface area contributed by atoms with E-state index in [2.05, 4.69) is 5.32 Å². The van der Waals surface area contributed by atoms with Gasteiger partial charge in [-0.2, -0.15) is 0 Å².